The van der Waals surface area contributed by atoms with E-state index in [2.05, 4.69) is 6.08 Å². The summed E-state index contributed by atoms with van der Waals surface area (Å²) in [5, 5.41) is 9.19. The zero-order chi connectivity index (χ0) is 15.4. The van der Waals surface area contributed by atoms with E-state index in [9.17, 15) is 14.7 Å². The Morgan fingerprint density at radius 2 is 2.10 bits per heavy atom. The molecule has 1 fully saturated rings. The Labute approximate surface area is 126 Å². The van der Waals surface area contributed by atoms with Gasteiger partial charge in [-0.1, -0.05) is 13.0 Å². The average molecular weight is 294 g/mol. The van der Waals surface area contributed by atoms with E-state index >= 15 is 0 Å². The van der Waals surface area contributed by atoms with E-state index in [-0.39, 0.29) is 12.5 Å². The van der Waals surface area contributed by atoms with E-state index in [0.29, 0.717) is 12.5 Å². The van der Waals surface area contributed by atoms with E-state index in [4.69, 9.17) is 0 Å². The van der Waals surface area contributed by atoms with Crippen molar-refractivity contribution in [1.29, 1.82) is 0 Å². The molecule has 0 bridgehead atoms. The number of rotatable bonds is 7. The minimum Gasteiger partial charge on any atom is -0.480 e. The standard InChI is InChI=1S/C16H26N2O3/c1-3-14(16(20)21)17(2)11-15(19)18(13-9-10-13)12-7-5-4-6-8-12/h7,13-14H,3-6,8-11H2,1-2H3,(H,20,21). The second-order valence-corrected chi connectivity index (χ2v) is 6.11. The number of amides is 1. The Hall–Kier alpha value is -1.36. The molecule has 21 heavy (non-hydrogen) atoms. The molecule has 0 radical (unpaired) electrons. The maximum Gasteiger partial charge on any atom is 0.320 e. The largest absolute Gasteiger partial charge is 0.480 e. The van der Waals surface area contributed by atoms with Gasteiger partial charge in [0.05, 0.1) is 6.54 Å². The summed E-state index contributed by atoms with van der Waals surface area (Å²) in [6.45, 7) is 2.01. The summed E-state index contributed by atoms with van der Waals surface area (Å²) in [6.07, 6.45) is 9.21. The molecule has 0 aromatic heterocycles. The molecule has 2 rings (SSSR count). The highest BCUT2D eigenvalue weighted by Gasteiger charge is 2.36. The molecule has 1 atom stereocenters. The predicted octanol–water partition coefficient (Wildman–Crippen LogP) is 2.23. The van der Waals surface area contributed by atoms with Gasteiger partial charge in [0.15, 0.2) is 0 Å². The lowest BCUT2D eigenvalue weighted by atomic mass is 10.0. The number of hydrogen-bond acceptors (Lipinski definition) is 3. The number of hydrogen-bond donors (Lipinski definition) is 1. The molecule has 0 aromatic rings. The topological polar surface area (TPSA) is 60.9 Å². The number of likely N-dealkylation sites (N-methyl/N-ethyl adjacent to an activating group) is 1. The molecule has 1 saturated carbocycles. The number of carbonyl (C=O) groups excluding carboxylic acids is 1. The molecular formula is C16H26N2O3. The van der Waals surface area contributed by atoms with E-state index in [1.54, 1.807) is 11.9 Å². The molecular weight excluding hydrogens is 268 g/mol. The number of carbonyl (C=O) groups is 2. The molecule has 0 heterocycles. The quantitative estimate of drug-likeness (QED) is 0.782. The van der Waals surface area contributed by atoms with Crippen molar-refractivity contribution < 1.29 is 14.7 Å². The zero-order valence-electron chi connectivity index (χ0n) is 13.0. The summed E-state index contributed by atoms with van der Waals surface area (Å²) in [4.78, 5) is 27.4. The SMILES string of the molecule is CCC(C(=O)O)N(C)CC(=O)N(C1=CCCCC1)C1CC1. The van der Waals surface area contributed by atoms with E-state index in [1.165, 1.54) is 6.42 Å². The molecule has 1 N–H and O–H groups in total. The third-order valence-electron chi connectivity index (χ3n) is 4.35. The van der Waals surface area contributed by atoms with Crippen LogP contribution in [0.4, 0.5) is 0 Å². The van der Waals surface area contributed by atoms with Crippen LogP contribution in [0.1, 0.15) is 51.9 Å². The monoisotopic (exact) mass is 294 g/mol. The molecule has 118 valence electrons. The Morgan fingerprint density at radius 1 is 1.38 bits per heavy atom. The summed E-state index contributed by atoms with van der Waals surface area (Å²) in [5.41, 5.74) is 1.16. The van der Waals surface area contributed by atoms with Gasteiger partial charge >= 0.3 is 5.97 Å². The van der Waals surface area contributed by atoms with Gasteiger partial charge in [0.1, 0.15) is 6.04 Å². The first-order chi connectivity index (χ1) is 10.0. The first-order valence-corrected chi connectivity index (χ1v) is 7.98. The van der Waals surface area contributed by atoms with Crippen molar-refractivity contribution in [2.45, 2.75) is 64.0 Å². The highest BCUT2D eigenvalue weighted by molar-refractivity contribution is 5.82. The van der Waals surface area contributed by atoms with Crippen LogP contribution >= 0.6 is 0 Å². The number of nitrogens with zero attached hydrogens (tertiary/aromatic N) is 2. The molecule has 5 heteroatoms. The van der Waals surface area contributed by atoms with Crippen LogP contribution in [0.15, 0.2) is 11.8 Å². The molecule has 0 saturated heterocycles. The van der Waals surface area contributed by atoms with Gasteiger partial charge < -0.3 is 10.0 Å². The summed E-state index contributed by atoms with van der Waals surface area (Å²) in [6, 6.07) is -0.240. The van der Waals surface area contributed by atoms with Gasteiger partial charge in [-0.2, -0.15) is 0 Å². The number of carboxylic acid groups (broad SMARTS) is 1. The minimum atomic E-state index is -0.859. The van der Waals surface area contributed by atoms with Crippen LogP contribution in [-0.4, -0.2) is 52.5 Å². The molecule has 2 aliphatic carbocycles. The Morgan fingerprint density at radius 3 is 2.57 bits per heavy atom. The fourth-order valence-corrected chi connectivity index (χ4v) is 3.05. The van der Waals surface area contributed by atoms with Crippen LogP contribution in [0.2, 0.25) is 0 Å². The Balaban J connectivity index is 2.02. The lowest BCUT2D eigenvalue weighted by molar-refractivity contribution is -0.144. The molecule has 2 aliphatic rings. The smallest absolute Gasteiger partial charge is 0.320 e. The van der Waals surface area contributed by atoms with Crippen molar-refractivity contribution in [2.24, 2.45) is 0 Å². The maximum atomic E-state index is 12.6. The Bertz CT molecular complexity index is 429. The van der Waals surface area contributed by atoms with Crippen molar-refractivity contribution in [1.82, 2.24) is 9.80 Å². The first-order valence-electron chi connectivity index (χ1n) is 7.98. The first kappa shape index (κ1) is 16.0. The number of aliphatic carboxylic acids is 1. The Kier molecular flexibility index (Phi) is 5.39. The molecule has 1 unspecified atom stereocenters. The van der Waals surface area contributed by atoms with Gasteiger partial charge in [-0.15, -0.1) is 0 Å². The van der Waals surface area contributed by atoms with Crippen LogP contribution in [0.5, 0.6) is 0 Å². The van der Waals surface area contributed by atoms with Crippen LogP contribution in [0.25, 0.3) is 0 Å². The number of allylic oxidation sites excluding steroid dienone is 2. The van der Waals surface area contributed by atoms with Gasteiger partial charge in [-0.05, 0) is 52.0 Å². The normalized spacial score (nSPS) is 20.0. The van der Waals surface area contributed by atoms with Crippen molar-refractivity contribution in [2.75, 3.05) is 13.6 Å². The van der Waals surface area contributed by atoms with Gasteiger partial charge in [-0.25, -0.2) is 0 Å². The van der Waals surface area contributed by atoms with Crippen LogP contribution in [-0.2, 0) is 9.59 Å². The summed E-state index contributed by atoms with van der Waals surface area (Å²) in [7, 11) is 1.72. The summed E-state index contributed by atoms with van der Waals surface area (Å²) in [5.74, 6) is -0.810. The van der Waals surface area contributed by atoms with Crippen molar-refractivity contribution in [3.8, 4) is 0 Å². The van der Waals surface area contributed by atoms with Crippen molar-refractivity contribution in [3.63, 3.8) is 0 Å². The fourth-order valence-electron chi connectivity index (χ4n) is 3.05. The fraction of sp³-hybridized carbons (Fsp3) is 0.750. The van der Waals surface area contributed by atoms with Crippen molar-refractivity contribution in [3.05, 3.63) is 11.8 Å². The van der Waals surface area contributed by atoms with Gasteiger partial charge in [0.2, 0.25) is 5.91 Å². The molecule has 0 aromatic carbocycles. The summed E-state index contributed by atoms with van der Waals surface area (Å²) < 4.78 is 0. The van der Waals surface area contributed by atoms with E-state index in [1.807, 2.05) is 11.8 Å². The number of carboxylic acids is 1. The minimum absolute atomic E-state index is 0.0489. The molecule has 5 nitrogen and oxygen atoms in total. The van der Waals surface area contributed by atoms with Gasteiger partial charge in [-0.3, -0.25) is 14.5 Å². The van der Waals surface area contributed by atoms with Crippen molar-refractivity contribution >= 4 is 11.9 Å². The third-order valence-corrected chi connectivity index (χ3v) is 4.35. The lowest BCUT2D eigenvalue weighted by Gasteiger charge is -2.31. The zero-order valence-corrected chi connectivity index (χ0v) is 13.0. The summed E-state index contributed by atoms with van der Waals surface area (Å²) >= 11 is 0. The van der Waals surface area contributed by atoms with Gasteiger partial charge in [0, 0.05) is 11.7 Å². The molecule has 1 amide bonds. The van der Waals surface area contributed by atoms with E-state index < -0.39 is 12.0 Å². The second-order valence-electron chi connectivity index (χ2n) is 6.11. The predicted molar refractivity (Wildman–Crippen MR) is 80.8 cm³/mol. The van der Waals surface area contributed by atoms with Crippen LogP contribution in [0.3, 0.4) is 0 Å². The lowest BCUT2D eigenvalue weighted by Crippen LogP contribution is -2.46. The van der Waals surface area contributed by atoms with Gasteiger partial charge in [0.25, 0.3) is 0 Å². The second kappa shape index (κ2) is 7.07. The highest BCUT2D eigenvalue weighted by Crippen LogP contribution is 2.33. The maximum absolute atomic E-state index is 12.6. The average Bonchev–Trinajstić information content (AvgIpc) is 3.25. The van der Waals surface area contributed by atoms with Crippen LogP contribution < -0.4 is 0 Å². The molecule has 0 aliphatic heterocycles. The highest BCUT2D eigenvalue weighted by atomic mass is 16.4. The molecule has 0 spiro atoms. The van der Waals surface area contributed by atoms with Crippen LogP contribution in [0, 0.1) is 0 Å². The third kappa shape index (κ3) is 4.06. The van der Waals surface area contributed by atoms with E-state index in [0.717, 1.165) is 37.8 Å².